The fraction of sp³-hybridized carbons (Fsp3) is 0.700. The molecule has 0 aliphatic heterocycles. The second kappa shape index (κ2) is 6.67. The van der Waals surface area contributed by atoms with Crippen molar-refractivity contribution in [1.29, 1.82) is 0 Å². The van der Waals surface area contributed by atoms with Crippen molar-refractivity contribution in [1.82, 2.24) is 0 Å². The second-order valence-electron chi connectivity index (χ2n) is 3.81. The number of carbonyl (C=O) groups is 1. The Morgan fingerprint density at radius 2 is 1.94 bits per heavy atom. The zero-order valence-electron chi connectivity index (χ0n) is 9.52. The Morgan fingerprint density at radius 1 is 1.41 bits per heavy atom. The van der Waals surface area contributed by atoms with Crippen molar-refractivity contribution in [3.05, 3.63) is 12.2 Å². The molecule has 0 heterocycles. The van der Waals surface area contributed by atoms with E-state index in [4.69, 9.17) is 15.9 Å². The van der Waals surface area contributed by atoms with E-state index in [-0.39, 0.29) is 6.42 Å². The predicted octanol–water partition coefficient (Wildman–Crippen LogP) is -2.19. The maximum Gasteiger partial charge on any atom is 0.328 e. The van der Waals surface area contributed by atoms with Gasteiger partial charge in [-0.05, 0) is 13.3 Å². The number of carboxylic acids is 1. The SMILES string of the molecule is C/C=C/CC(O)C(O)C(O)C(N)(CO)C(=O)O. The van der Waals surface area contributed by atoms with Crippen molar-refractivity contribution >= 4 is 5.97 Å². The highest BCUT2D eigenvalue weighted by atomic mass is 16.4. The van der Waals surface area contributed by atoms with Crippen molar-refractivity contribution < 1.29 is 30.3 Å². The molecule has 7 nitrogen and oxygen atoms in total. The first kappa shape index (κ1) is 16.0. The van der Waals surface area contributed by atoms with Gasteiger partial charge in [0.05, 0.1) is 12.7 Å². The second-order valence-corrected chi connectivity index (χ2v) is 3.81. The third-order valence-electron chi connectivity index (χ3n) is 2.52. The molecular weight excluding hydrogens is 230 g/mol. The Bertz CT molecular complexity index is 282. The van der Waals surface area contributed by atoms with Gasteiger partial charge in [0, 0.05) is 0 Å². The minimum Gasteiger partial charge on any atom is -0.480 e. The molecule has 17 heavy (non-hydrogen) atoms. The molecule has 0 bridgehead atoms. The number of aliphatic hydroxyl groups excluding tert-OH is 4. The lowest BCUT2D eigenvalue weighted by Crippen LogP contribution is -2.65. The van der Waals surface area contributed by atoms with Crippen molar-refractivity contribution in [2.75, 3.05) is 6.61 Å². The number of allylic oxidation sites excluding steroid dienone is 1. The van der Waals surface area contributed by atoms with E-state index in [1.54, 1.807) is 19.1 Å². The van der Waals surface area contributed by atoms with Gasteiger partial charge < -0.3 is 31.3 Å². The molecule has 0 saturated heterocycles. The first-order valence-corrected chi connectivity index (χ1v) is 5.09. The van der Waals surface area contributed by atoms with Gasteiger partial charge in [-0.3, -0.25) is 4.79 Å². The van der Waals surface area contributed by atoms with Crippen LogP contribution in [-0.2, 0) is 4.79 Å². The number of hydrogen-bond donors (Lipinski definition) is 6. The maximum atomic E-state index is 10.8. The number of rotatable bonds is 7. The van der Waals surface area contributed by atoms with Crippen LogP contribution in [0, 0.1) is 0 Å². The van der Waals surface area contributed by atoms with Crippen LogP contribution in [0.2, 0.25) is 0 Å². The van der Waals surface area contributed by atoms with Crippen LogP contribution in [-0.4, -0.2) is 62.0 Å². The predicted molar refractivity (Wildman–Crippen MR) is 59.1 cm³/mol. The highest BCUT2D eigenvalue weighted by molar-refractivity contribution is 5.79. The monoisotopic (exact) mass is 249 g/mol. The van der Waals surface area contributed by atoms with Crippen molar-refractivity contribution in [2.45, 2.75) is 37.2 Å². The van der Waals surface area contributed by atoms with Crippen LogP contribution in [0.1, 0.15) is 13.3 Å². The molecule has 0 rings (SSSR count). The summed E-state index contributed by atoms with van der Waals surface area (Å²) in [7, 11) is 0. The van der Waals surface area contributed by atoms with Crippen LogP contribution < -0.4 is 5.73 Å². The molecule has 0 aromatic heterocycles. The average molecular weight is 249 g/mol. The van der Waals surface area contributed by atoms with Crippen LogP contribution in [0.3, 0.4) is 0 Å². The van der Waals surface area contributed by atoms with Gasteiger partial charge in [0.2, 0.25) is 0 Å². The molecule has 0 aromatic carbocycles. The standard InChI is InChI=1S/C10H19NO6/c1-2-3-4-6(13)7(14)8(15)10(11,5-12)9(16)17/h2-3,6-8,12-15H,4-5,11H2,1H3,(H,16,17)/b3-2+. The molecule has 0 spiro atoms. The lowest BCUT2D eigenvalue weighted by Gasteiger charge is -2.33. The van der Waals surface area contributed by atoms with Crippen molar-refractivity contribution in [3.8, 4) is 0 Å². The van der Waals surface area contributed by atoms with Gasteiger partial charge in [-0.25, -0.2) is 0 Å². The van der Waals surface area contributed by atoms with Crippen molar-refractivity contribution in [3.63, 3.8) is 0 Å². The highest BCUT2D eigenvalue weighted by Crippen LogP contribution is 2.15. The Kier molecular flexibility index (Phi) is 6.29. The van der Waals surface area contributed by atoms with Crippen LogP contribution in [0.5, 0.6) is 0 Å². The Balaban J connectivity index is 4.77. The van der Waals surface area contributed by atoms with Gasteiger partial charge in [-0.15, -0.1) is 0 Å². The van der Waals surface area contributed by atoms with E-state index in [2.05, 4.69) is 0 Å². The van der Waals surface area contributed by atoms with E-state index in [1.807, 2.05) is 0 Å². The molecule has 0 amide bonds. The Hall–Kier alpha value is -0.990. The van der Waals surface area contributed by atoms with Gasteiger partial charge in [0.25, 0.3) is 0 Å². The molecule has 4 atom stereocenters. The Morgan fingerprint density at radius 3 is 2.29 bits per heavy atom. The third-order valence-corrected chi connectivity index (χ3v) is 2.52. The molecule has 4 unspecified atom stereocenters. The molecule has 0 radical (unpaired) electrons. The number of aliphatic carboxylic acids is 1. The van der Waals surface area contributed by atoms with Gasteiger partial charge in [-0.1, -0.05) is 12.2 Å². The summed E-state index contributed by atoms with van der Waals surface area (Å²) < 4.78 is 0. The summed E-state index contributed by atoms with van der Waals surface area (Å²) in [6.45, 7) is 0.643. The van der Waals surface area contributed by atoms with E-state index in [9.17, 15) is 20.1 Å². The van der Waals surface area contributed by atoms with Gasteiger partial charge >= 0.3 is 5.97 Å². The molecule has 0 aliphatic carbocycles. The molecule has 0 saturated carbocycles. The zero-order valence-corrected chi connectivity index (χ0v) is 9.52. The topological polar surface area (TPSA) is 144 Å². The zero-order chi connectivity index (χ0) is 13.6. The van der Waals surface area contributed by atoms with Crippen LogP contribution in [0.25, 0.3) is 0 Å². The van der Waals surface area contributed by atoms with Gasteiger partial charge in [0.15, 0.2) is 5.54 Å². The Labute approximate surface area is 98.8 Å². The van der Waals surface area contributed by atoms with E-state index in [0.717, 1.165) is 0 Å². The summed E-state index contributed by atoms with van der Waals surface area (Å²) >= 11 is 0. The average Bonchev–Trinajstić information content (AvgIpc) is 2.32. The third kappa shape index (κ3) is 3.76. The summed E-state index contributed by atoms with van der Waals surface area (Å²) in [6, 6.07) is 0. The largest absolute Gasteiger partial charge is 0.480 e. The smallest absolute Gasteiger partial charge is 0.328 e. The van der Waals surface area contributed by atoms with E-state index in [1.165, 1.54) is 0 Å². The molecule has 0 aliphatic rings. The van der Waals surface area contributed by atoms with Gasteiger partial charge in [-0.2, -0.15) is 0 Å². The molecular formula is C10H19NO6. The summed E-state index contributed by atoms with van der Waals surface area (Å²) in [6.07, 6.45) is -1.91. The first-order valence-electron chi connectivity index (χ1n) is 5.09. The molecule has 7 heteroatoms. The van der Waals surface area contributed by atoms with Crippen LogP contribution >= 0.6 is 0 Å². The molecule has 0 aromatic rings. The first-order chi connectivity index (χ1) is 7.81. The molecule has 100 valence electrons. The normalized spacial score (nSPS) is 20.8. The number of aliphatic hydroxyl groups is 4. The van der Waals surface area contributed by atoms with Gasteiger partial charge in [0.1, 0.15) is 12.2 Å². The molecule has 7 N–H and O–H groups in total. The minimum atomic E-state index is -2.41. The quantitative estimate of drug-likeness (QED) is 0.281. The maximum absolute atomic E-state index is 10.8. The van der Waals surface area contributed by atoms with E-state index in [0.29, 0.717) is 0 Å². The van der Waals surface area contributed by atoms with Crippen LogP contribution in [0.4, 0.5) is 0 Å². The summed E-state index contributed by atoms with van der Waals surface area (Å²) in [5.74, 6) is -1.66. The van der Waals surface area contributed by atoms with Crippen molar-refractivity contribution in [2.24, 2.45) is 5.73 Å². The minimum absolute atomic E-state index is 0.0376. The fourth-order valence-corrected chi connectivity index (χ4v) is 1.22. The molecule has 0 fully saturated rings. The fourth-order valence-electron chi connectivity index (χ4n) is 1.22. The number of nitrogens with two attached hydrogens (primary N) is 1. The van der Waals surface area contributed by atoms with E-state index < -0.39 is 36.4 Å². The van der Waals surface area contributed by atoms with E-state index >= 15 is 0 Å². The summed E-state index contributed by atoms with van der Waals surface area (Å²) in [5, 5.41) is 46.2. The van der Waals surface area contributed by atoms with Crippen LogP contribution in [0.15, 0.2) is 12.2 Å². The lowest BCUT2D eigenvalue weighted by molar-refractivity contribution is -0.159. The number of hydrogen-bond acceptors (Lipinski definition) is 6. The summed E-state index contributed by atoms with van der Waals surface area (Å²) in [4.78, 5) is 10.8. The lowest BCUT2D eigenvalue weighted by atomic mass is 9.87. The highest BCUT2D eigenvalue weighted by Gasteiger charge is 2.46. The number of carboxylic acid groups (broad SMARTS) is 1. The summed E-state index contributed by atoms with van der Waals surface area (Å²) in [5.41, 5.74) is 2.86.